The van der Waals surface area contributed by atoms with Crippen molar-refractivity contribution in [2.45, 2.75) is 6.54 Å². The molecule has 0 radical (unpaired) electrons. The SMILES string of the molecule is Cn1c(O)c(C=NCc2ccccc2Cl)c(=O)n(C)c1=S. The Bertz CT molecular complexity index is 824. The molecule has 0 aliphatic heterocycles. The third-order valence-electron chi connectivity index (χ3n) is 3.11. The Labute approximate surface area is 131 Å². The molecular weight excluding hydrogens is 310 g/mol. The summed E-state index contributed by atoms with van der Waals surface area (Å²) < 4.78 is 2.88. The van der Waals surface area contributed by atoms with Crippen LogP contribution in [0.4, 0.5) is 0 Å². The Kier molecular flexibility index (Phi) is 4.59. The predicted octanol–water partition coefficient (Wildman–Crippen LogP) is 2.43. The molecule has 0 saturated heterocycles. The molecule has 1 aromatic heterocycles. The highest BCUT2D eigenvalue weighted by atomic mass is 35.5. The second-order valence-corrected chi connectivity index (χ2v) is 5.28. The van der Waals surface area contributed by atoms with Crippen LogP contribution in [0.3, 0.4) is 0 Å². The highest BCUT2D eigenvalue weighted by Crippen LogP contribution is 2.16. The van der Waals surface area contributed by atoms with E-state index in [4.69, 9.17) is 23.8 Å². The van der Waals surface area contributed by atoms with E-state index in [0.717, 1.165) is 5.56 Å². The van der Waals surface area contributed by atoms with Gasteiger partial charge in [-0.2, -0.15) is 0 Å². The van der Waals surface area contributed by atoms with Crippen molar-refractivity contribution in [3.63, 3.8) is 0 Å². The third kappa shape index (κ3) is 3.06. The van der Waals surface area contributed by atoms with E-state index in [9.17, 15) is 9.90 Å². The van der Waals surface area contributed by atoms with Crippen LogP contribution in [0.1, 0.15) is 11.1 Å². The summed E-state index contributed by atoms with van der Waals surface area (Å²) in [7, 11) is 3.14. The van der Waals surface area contributed by atoms with Crippen molar-refractivity contribution in [2.24, 2.45) is 19.1 Å². The van der Waals surface area contributed by atoms with Gasteiger partial charge in [-0.05, 0) is 23.8 Å². The number of benzene rings is 1. The van der Waals surface area contributed by atoms with E-state index in [1.54, 1.807) is 20.2 Å². The lowest BCUT2D eigenvalue weighted by molar-refractivity contribution is 0.415. The fraction of sp³-hybridized carbons (Fsp3) is 0.214. The largest absolute Gasteiger partial charge is 0.494 e. The van der Waals surface area contributed by atoms with E-state index < -0.39 is 5.56 Å². The van der Waals surface area contributed by atoms with Crippen molar-refractivity contribution < 1.29 is 5.11 Å². The number of hydrogen-bond donors (Lipinski definition) is 1. The highest BCUT2D eigenvalue weighted by molar-refractivity contribution is 7.71. The summed E-state index contributed by atoms with van der Waals surface area (Å²) in [5.74, 6) is -0.203. The normalized spacial score (nSPS) is 11.2. The number of rotatable bonds is 3. The van der Waals surface area contributed by atoms with Crippen molar-refractivity contribution in [2.75, 3.05) is 0 Å². The Hall–Kier alpha value is -1.92. The van der Waals surface area contributed by atoms with Gasteiger partial charge in [-0.3, -0.25) is 18.9 Å². The molecular formula is C14H14ClN3O2S. The fourth-order valence-corrected chi connectivity index (χ4v) is 2.20. The van der Waals surface area contributed by atoms with Crippen LogP contribution in [-0.2, 0) is 20.6 Å². The average molecular weight is 324 g/mol. The quantitative estimate of drug-likeness (QED) is 0.697. The maximum absolute atomic E-state index is 12.1. The molecule has 0 saturated carbocycles. The van der Waals surface area contributed by atoms with Gasteiger partial charge >= 0.3 is 0 Å². The van der Waals surface area contributed by atoms with Crippen molar-refractivity contribution in [3.8, 4) is 5.88 Å². The summed E-state index contributed by atoms with van der Waals surface area (Å²) in [6.07, 6.45) is 1.34. The summed E-state index contributed by atoms with van der Waals surface area (Å²) >= 11 is 11.1. The summed E-state index contributed by atoms with van der Waals surface area (Å²) in [5, 5.41) is 10.6. The topological polar surface area (TPSA) is 59.5 Å². The van der Waals surface area contributed by atoms with E-state index in [1.807, 2.05) is 18.2 Å². The lowest BCUT2D eigenvalue weighted by atomic mass is 10.2. The molecule has 2 aromatic rings. The maximum atomic E-state index is 12.1. The average Bonchev–Trinajstić information content (AvgIpc) is 2.48. The Morgan fingerprint density at radius 3 is 2.67 bits per heavy atom. The van der Waals surface area contributed by atoms with Crippen LogP contribution in [-0.4, -0.2) is 20.5 Å². The monoisotopic (exact) mass is 323 g/mol. The molecule has 1 heterocycles. The van der Waals surface area contributed by atoms with Crippen molar-refractivity contribution >= 4 is 30.0 Å². The molecule has 1 N–H and O–H groups in total. The van der Waals surface area contributed by atoms with Crippen LogP contribution in [0, 0.1) is 4.77 Å². The zero-order valence-corrected chi connectivity index (χ0v) is 13.1. The zero-order valence-electron chi connectivity index (χ0n) is 11.6. The second-order valence-electron chi connectivity index (χ2n) is 4.50. The van der Waals surface area contributed by atoms with Gasteiger partial charge < -0.3 is 5.11 Å². The van der Waals surface area contributed by atoms with Gasteiger partial charge in [0.05, 0.1) is 6.54 Å². The van der Waals surface area contributed by atoms with Crippen LogP contribution in [0.25, 0.3) is 0 Å². The van der Waals surface area contributed by atoms with E-state index in [0.29, 0.717) is 11.6 Å². The van der Waals surface area contributed by atoms with Gasteiger partial charge in [0, 0.05) is 25.3 Å². The predicted molar refractivity (Wildman–Crippen MR) is 85.9 cm³/mol. The second kappa shape index (κ2) is 6.24. The molecule has 21 heavy (non-hydrogen) atoms. The maximum Gasteiger partial charge on any atom is 0.266 e. The minimum atomic E-state index is -0.390. The number of hydrogen-bond acceptors (Lipinski definition) is 4. The number of nitrogens with zero attached hydrogens (tertiary/aromatic N) is 3. The van der Waals surface area contributed by atoms with E-state index in [-0.39, 0.29) is 16.2 Å². The molecule has 0 atom stereocenters. The van der Waals surface area contributed by atoms with Gasteiger partial charge in [-0.25, -0.2) is 0 Å². The molecule has 0 aliphatic carbocycles. The molecule has 0 spiro atoms. The highest BCUT2D eigenvalue weighted by Gasteiger charge is 2.10. The minimum Gasteiger partial charge on any atom is -0.494 e. The molecule has 0 aliphatic rings. The number of halogens is 1. The molecule has 7 heteroatoms. The molecule has 1 aromatic carbocycles. The van der Waals surface area contributed by atoms with Crippen molar-refractivity contribution in [1.82, 2.24) is 9.13 Å². The molecule has 0 unspecified atom stereocenters. The van der Waals surface area contributed by atoms with Crippen molar-refractivity contribution in [3.05, 3.63) is 55.5 Å². The molecule has 0 amide bonds. The van der Waals surface area contributed by atoms with Crippen LogP contribution in [0.2, 0.25) is 5.02 Å². The molecule has 0 bridgehead atoms. The van der Waals surface area contributed by atoms with E-state index >= 15 is 0 Å². The lowest BCUT2D eigenvalue weighted by Gasteiger charge is -2.09. The van der Waals surface area contributed by atoms with Crippen LogP contribution in [0.5, 0.6) is 5.88 Å². The molecule has 5 nitrogen and oxygen atoms in total. The smallest absolute Gasteiger partial charge is 0.266 e. The molecule has 110 valence electrons. The summed E-state index contributed by atoms with van der Waals surface area (Å²) in [5.41, 5.74) is 0.551. The summed E-state index contributed by atoms with van der Waals surface area (Å²) in [6.45, 7) is 0.321. The minimum absolute atomic E-state index is 0.0978. The number of aromatic nitrogens is 2. The van der Waals surface area contributed by atoms with Crippen LogP contribution >= 0.6 is 23.8 Å². The Morgan fingerprint density at radius 1 is 1.33 bits per heavy atom. The molecule has 2 rings (SSSR count). The lowest BCUT2D eigenvalue weighted by Crippen LogP contribution is -2.25. The summed E-state index contributed by atoms with van der Waals surface area (Å²) in [6, 6.07) is 7.32. The Morgan fingerprint density at radius 2 is 2.00 bits per heavy atom. The van der Waals surface area contributed by atoms with Gasteiger partial charge in [-0.15, -0.1) is 0 Å². The van der Waals surface area contributed by atoms with Crippen molar-refractivity contribution in [1.29, 1.82) is 0 Å². The summed E-state index contributed by atoms with van der Waals surface area (Å²) in [4.78, 5) is 16.3. The van der Waals surface area contributed by atoms with Gasteiger partial charge in [-0.1, -0.05) is 29.8 Å². The van der Waals surface area contributed by atoms with Crippen LogP contribution in [0.15, 0.2) is 34.1 Å². The zero-order chi connectivity index (χ0) is 15.6. The first kappa shape index (κ1) is 15.5. The van der Waals surface area contributed by atoms with Gasteiger partial charge in [0.15, 0.2) is 4.77 Å². The van der Waals surface area contributed by atoms with E-state index in [1.165, 1.54) is 15.3 Å². The molecule has 0 fully saturated rings. The number of aromatic hydroxyl groups is 1. The Balaban J connectivity index is 2.37. The standard InChI is InChI=1S/C14H14ClN3O2S/c1-17-12(19)10(13(20)18(2)14(17)21)8-16-7-9-5-3-4-6-11(9)15/h3-6,8,19H,7H2,1-2H3. The first-order chi connectivity index (χ1) is 9.93. The number of aliphatic imine (C=N–C) groups is 1. The van der Waals surface area contributed by atoms with E-state index in [2.05, 4.69) is 4.99 Å². The first-order valence-electron chi connectivity index (χ1n) is 6.15. The van der Waals surface area contributed by atoms with Gasteiger partial charge in [0.2, 0.25) is 5.88 Å². The van der Waals surface area contributed by atoms with Gasteiger partial charge in [0.25, 0.3) is 5.56 Å². The fourth-order valence-electron chi connectivity index (χ4n) is 1.83. The first-order valence-corrected chi connectivity index (χ1v) is 6.94. The van der Waals surface area contributed by atoms with Crippen LogP contribution < -0.4 is 5.56 Å². The van der Waals surface area contributed by atoms with Gasteiger partial charge in [0.1, 0.15) is 5.56 Å². The third-order valence-corrected chi connectivity index (χ3v) is 4.02.